The first-order chi connectivity index (χ1) is 18.0. The highest BCUT2D eigenvalue weighted by Gasteiger charge is 2.48. The lowest BCUT2D eigenvalue weighted by Gasteiger charge is -2.47. The standard InChI is InChI=1S/C29H26ClN3O4/c1-36-24-11-10-17(12-25(24)37-2)15-32-16-26(34)33-23(29(32)35)14-21-20-8-3-4-9-22(20)31-27(21)28(33)18-6-5-7-19(30)13-18/h3-13,23,28,31H,14-16H2,1-2H3/t23-,28+/m0/s1. The molecule has 37 heavy (non-hydrogen) atoms. The van der Waals surface area contributed by atoms with Gasteiger partial charge >= 0.3 is 0 Å². The number of carbonyl (C=O) groups is 2. The first kappa shape index (κ1) is 23.4. The Labute approximate surface area is 219 Å². The van der Waals surface area contributed by atoms with Gasteiger partial charge in [-0.05, 0) is 47.0 Å². The molecule has 2 atom stereocenters. The van der Waals surface area contributed by atoms with E-state index >= 15 is 0 Å². The van der Waals surface area contributed by atoms with E-state index in [-0.39, 0.29) is 18.4 Å². The first-order valence-electron chi connectivity index (χ1n) is 12.1. The van der Waals surface area contributed by atoms with Gasteiger partial charge in [0.05, 0.1) is 20.3 Å². The molecule has 1 fully saturated rings. The normalized spacial score (nSPS) is 19.1. The molecule has 2 aliphatic heterocycles. The molecule has 6 rings (SSSR count). The number of benzene rings is 3. The summed E-state index contributed by atoms with van der Waals surface area (Å²) in [5.41, 5.74) is 4.73. The maximum Gasteiger partial charge on any atom is 0.246 e. The fourth-order valence-electron chi connectivity index (χ4n) is 5.68. The van der Waals surface area contributed by atoms with Crippen LogP contribution in [0.1, 0.15) is 28.4 Å². The van der Waals surface area contributed by atoms with Gasteiger partial charge in [-0.2, -0.15) is 0 Å². The Hall–Kier alpha value is -3.97. The number of piperazine rings is 1. The Balaban J connectivity index is 1.41. The molecule has 0 bridgehead atoms. The van der Waals surface area contributed by atoms with Crippen molar-refractivity contribution >= 4 is 34.3 Å². The van der Waals surface area contributed by atoms with E-state index in [2.05, 4.69) is 11.1 Å². The SMILES string of the molecule is COc1ccc(CN2CC(=O)N3[C@H](c4cccc(Cl)c4)c4[nH]c5ccccc5c4C[C@H]3C2=O)cc1OC. The number of carbonyl (C=O) groups excluding carboxylic acids is 2. The molecule has 0 spiro atoms. The molecule has 1 saturated heterocycles. The van der Waals surface area contributed by atoms with Gasteiger partial charge in [-0.3, -0.25) is 9.59 Å². The Morgan fingerprint density at radius 3 is 2.57 bits per heavy atom. The number of aromatic amines is 1. The van der Waals surface area contributed by atoms with Gasteiger partial charge in [-0.15, -0.1) is 0 Å². The van der Waals surface area contributed by atoms with E-state index in [9.17, 15) is 9.59 Å². The van der Waals surface area contributed by atoms with Crippen molar-refractivity contribution in [1.82, 2.24) is 14.8 Å². The zero-order chi connectivity index (χ0) is 25.7. The van der Waals surface area contributed by atoms with Crippen molar-refractivity contribution in [3.63, 3.8) is 0 Å². The number of H-pyrrole nitrogens is 1. The topological polar surface area (TPSA) is 74.9 Å². The van der Waals surface area contributed by atoms with Crippen molar-refractivity contribution in [2.24, 2.45) is 0 Å². The number of aromatic nitrogens is 1. The minimum atomic E-state index is -0.614. The van der Waals surface area contributed by atoms with Crippen molar-refractivity contribution in [2.75, 3.05) is 20.8 Å². The zero-order valence-electron chi connectivity index (χ0n) is 20.5. The molecule has 0 unspecified atom stereocenters. The van der Waals surface area contributed by atoms with Gasteiger partial charge in [0.2, 0.25) is 11.8 Å². The lowest BCUT2D eigenvalue weighted by Crippen LogP contribution is -2.62. The highest BCUT2D eigenvalue weighted by molar-refractivity contribution is 6.30. The fourth-order valence-corrected chi connectivity index (χ4v) is 5.88. The number of amides is 2. The molecule has 2 amide bonds. The average Bonchev–Trinajstić information content (AvgIpc) is 3.28. The predicted molar refractivity (Wildman–Crippen MR) is 141 cm³/mol. The van der Waals surface area contributed by atoms with Crippen LogP contribution < -0.4 is 9.47 Å². The van der Waals surface area contributed by atoms with E-state index in [0.717, 1.165) is 33.3 Å². The number of nitrogens with zero attached hydrogens (tertiary/aromatic N) is 2. The molecule has 0 aliphatic carbocycles. The smallest absolute Gasteiger partial charge is 0.246 e. The second kappa shape index (κ2) is 9.16. The third kappa shape index (κ3) is 3.90. The van der Waals surface area contributed by atoms with E-state index < -0.39 is 12.1 Å². The Bertz CT molecular complexity index is 1530. The van der Waals surface area contributed by atoms with Gasteiger partial charge in [-0.1, -0.05) is 48.0 Å². The van der Waals surface area contributed by atoms with E-state index in [0.29, 0.717) is 29.5 Å². The van der Waals surface area contributed by atoms with Gasteiger partial charge in [0, 0.05) is 34.6 Å². The quantitative estimate of drug-likeness (QED) is 0.417. The van der Waals surface area contributed by atoms with Crippen LogP contribution in [0, 0.1) is 0 Å². The summed E-state index contributed by atoms with van der Waals surface area (Å²) in [7, 11) is 3.16. The van der Waals surface area contributed by atoms with Crippen molar-refractivity contribution in [1.29, 1.82) is 0 Å². The predicted octanol–water partition coefficient (Wildman–Crippen LogP) is 4.72. The summed E-state index contributed by atoms with van der Waals surface area (Å²) in [5.74, 6) is 1.03. The minimum Gasteiger partial charge on any atom is -0.493 e. The molecule has 4 aromatic rings. The van der Waals surface area contributed by atoms with Crippen LogP contribution in [0.4, 0.5) is 0 Å². The number of hydrogen-bond donors (Lipinski definition) is 1. The maximum absolute atomic E-state index is 13.9. The molecular formula is C29H26ClN3O4. The van der Waals surface area contributed by atoms with Crippen LogP contribution in [0.2, 0.25) is 5.02 Å². The van der Waals surface area contributed by atoms with Crippen LogP contribution in [-0.4, -0.2) is 53.4 Å². The van der Waals surface area contributed by atoms with Crippen molar-refractivity contribution in [3.8, 4) is 11.5 Å². The highest BCUT2D eigenvalue weighted by Crippen LogP contribution is 2.43. The largest absolute Gasteiger partial charge is 0.493 e. The molecule has 0 radical (unpaired) electrons. The van der Waals surface area contributed by atoms with Gasteiger partial charge in [0.15, 0.2) is 11.5 Å². The van der Waals surface area contributed by atoms with E-state index in [1.165, 1.54) is 0 Å². The van der Waals surface area contributed by atoms with E-state index in [1.807, 2.05) is 60.7 Å². The number of ether oxygens (including phenoxy) is 2. The number of hydrogen-bond acceptors (Lipinski definition) is 4. The van der Waals surface area contributed by atoms with Gasteiger partial charge in [0.25, 0.3) is 0 Å². The summed E-state index contributed by atoms with van der Waals surface area (Å²) in [4.78, 5) is 34.6. The molecule has 1 aromatic heterocycles. The second-order valence-electron chi connectivity index (χ2n) is 9.42. The summed E-state index contributed by atoms with van der Waals surface area (Å²) in [6.45, 7) is 0.300. The number of para-hydroxylation sites is 1. The van der Waals surface area contributed by atoms with Crippen LogP contribution in [-0.2, 0) is 22.6 Å². The molecular weight excluding hydrogens is 490 g/mol. The van der Waals surface area contributed by atoms with Crippen LogP contribution >= 0.6 is 11.6 Å². The van der Waals surface area contributed by atoms with Gasteiger partial charge < -0.3 is 24.3 Å². The molecule has 7 nitrogen and oxygen atoms in total. The number of halogens is 1. The summed E-state index contributed by atoms with van der Waals surface area (Å²) in [5, 5.41) is 1.66. The number of rotatable bonds is 5. The van der Waals surface area contributed by atoms with Crippen LogP contribution in [0.5, 0.6) is 11.5 Å². The molecule has 188 valence electrons. The molecule has 1 N–H and O–H groups in total. The van der Waals surface area contributed by atoms with E-state index in [4.69, 9.17) is 21.1 Å². The molecule has 2 aliphatic rings. The van der Waals surface area contributed by atoms with Gasteiger partial charge in [0.1, 0.15) is 12.6 Å². The van der Waals surface area contributed by atoms with Crippen LogP contribution in [0.15, 0.2) is 66.7 Å². The Morgan fingerprint density at radius 1 is 0.973 bits per heavy atom. The van der Waals surface area contributed by atoms with Gasteiger partial charge in [-0.25, -0.2) is 0 Å². The molecule has 3 heterocycles. The molecule has 0 saturated carbocycles. The summed E-state index contributed by atoms with van der Waals surface area (Å²) in [6.07, 6.45) is 0.448. The van der Waals surface area contributed by atoms with Crippen LogP contribution in [0.3, 0.4) is 0 Å². The number of methoxy groups -OCH3 is 2. The highest BCUT2D eigenvalue weighted by atomic mass is 35.5. The lowest BCUT2D eigenvalue weighted by atomic mass is 9.86. The number of nitrogens with one attached hydrogen (secondary N) is 1. The zero-order valence-corrected chi connectivity index (χ0v) is 21.3. The third-order valence-electron chi connectivity index (χ3n) is 7.33. The molecule has 3 aromatic carbocycles. The molecule has 8 heteroatoms. The van der Waals surface area contributed by atoms with Crippen molar-refractivity contribution in [3.05, 3.63) is 94.1 Å². The summed E-state index contributed by atoms with van der Waals surface area (Å²) >= 11 is 6.36. The number of fused-ring (bicyclic) bond motifs is 4. The van der Waals surface area contributed by atoms with E-state index in [1.54, 1.807) is 24.0 Å². The summed E-state index contributed by atoms with van der Waals surface area (Å²) < 4.78 is 10.8. The Kier molecular flexibility index (Phi) is 5.80. The van der Waals surface area contributed by atoms with Crippen molar-refractivity contribution < 1.29 is 19.1 Å². The second-order valence-corrected chi connectivity index (χ2v) is 9.86. The monoisotopic (exact) mass is 515 g/mol. The van der Waals surface area contributed by atoms with Crippen LogP contribution in [0.25, 0.3) is 10.9 Å². The first-order valence-corrected chi connectivity index (χ1v) is 12.5. The maximum atomic E-state index is 13.9. The lowest BCUT2D eigenvalue weighted by molar-refractivity contribution is -0.159. The summed E-state index contributed by atoms with van der Waals surface area (Å²) in [6, 6.07) is 20.1. The average molecular weight is 516 g/mol. The Morgan fingerprint density at radius 2 is 1.78 bits per heavy atom. The fraction of sp³-hybridized carbons (Fsp3) is 0.241. The third-order valence-corrected chi connectivity index (χ3v) is 7.56. The minimum absolute atomic E-state index is 0.00367. The van der Waals surface area contributed by atoms with Crippen molar-refractivity contribution in [2.45, 2.75) is 25.0 Å².